The topological polar surface area (TPSA) is 80.3 Å². The number of fused-ring (bicyclic) bond motifs is 1. The summed E-state index contributed by atoms with van der Waals surface area (Å²) in [6.07, 6.45) is -4.41. The summed E-state index contributed by atoms with van der Waals surface area (Å²) in [5.74, 6) is -0.192. The second-order valence-electron chi connectivity index (χ2n) is 6.51. The summed E-state index contributed by atoms with van der Waals surface area (Å²) < 4.78 is 43.5. The van der Waals surface area contributed by atoms with Gasteiger partial charge in [-0.3, -0.25) is 9.59 Å². The zero-order chi connectivity index (χ0) is 21.5. The third-order valence-electron chi connectivity index (χ3n) is 4.33. The zero-order valence-corrected chi connectivity index (χ0v) is 16.3. The summed E-state index contributed by atoms with van der Waals surface area (Å²) in [5, 5.41) is 5.84. The molecule has 0 bridgehead atoms. The van der Waals surface area contributed by atoms with Crippen molar-refractivity contribution in [3.63, 3.8) is 0 Å². The number of hydrogen-bond acceptors (Lipinski definition) is 5. The van der Waals surface area contributed by atoms with E-state index >= 15 is 0 Å². The van der Waals surface area contributed by atoms with Crippen molar-refractivity contribution in [2.75, 3.05) is 17.2 Å². The van der Waals surface area contributed by atoms with Crippen LogP contribution in [0.1, 0.15) is 20.9 Å². The third kappa shape index (κ3) is 3.99. The molecule has 0 radical (unpaired) electrons. The van der Waals surface area contributed by atoms with E-state index in [1.807, 2.05) is 0 Å². The number of amides is 2. The van der Waals surface area contributed by atoms with E-state index in [-0.39, 0.29) is 12.5 Å². The van der Waals surface area contributed by atoms with Gasteiger partial charge < -0.3 is 15.4 Å². The maximum atomic E-state index is 12.7. The lowest BCUT2D eigenvalue weighted by molar-refractivity contribution is -0.137. The molecule has 2 aromatic carbocycles. The van der Waals surface area contributed by atoms with Crippen LogP contribution >= 0.6 is 11.3 Å². The summed E-state index contributed by atoms with van der Waals surface area (Å²) in [6, 6.07) is 9.48. The van der Waals surface area contributed by atoms with Crippen LogP contribution in [0.25, 0.3) is 10.6 Å². The Morgan fingerprint density at radius 2 is 1.93 bits per heavy atom. The number of nitrogens with zero attached hydrogens (tertiary/aromatic N) is 1. The van der Waals surface area contributed by atoms with E-state index in [1.54, 1.807) is 25.1 Å². The third-order valence-corrected chi connectivity index (χ3v) is 5.54. The summed E-state index contributed by atoms with van der Waals surface area (Å²) in [7, 11) is 0. The van der Waals surface area contributed by atoms with Crippen LogP contribution in [0.3, 0.4) is 0 Å². The molecule has 6 nitrogen and oxygen atoms in total. The Bertz CT molecular complexity index is 1140. The first kappa shape index (κ1) is 19.9. The fourth-order valence-electron chi connectivity index (χ4n) is 2.88. The molecule has 0 spiro atoms. The summed E-state index contributed by atoms with van der Waals surface area (Å²) in [6.45, 7) is 1.59. The first-order chi connectivity index (χ1) is 14.2. The van der Waals surface area contributed by atoms with Gasteiger partial charge in [0.25, 0.3) is 11.8 Å². The molecule has 0 atom stereocenters. The fourth-order valence-corrected chi connectivity index (χ4v) is 3.85. The minimum atomic E-state index is -4.41. The number of aryl methyl sites for hydroxylation is 1. The van der Waals surface area contributed by atoms with Gasteiger partial charge in [-0.1, -0.05) is 12.1 Å². The molecule has 1 aliphatic heterocycles. The average Bonchev–Trinajstić information content (AvgIpc) is 3.09. The van der Waals surface area contributed by atoms with Gasteiger partial charge in [0.15, 0.2) is 6.61 Å². The SMILES string of the molecule is Cc1nc(-c2ccc(C(F)(F)F)cc2)sc1C(=O)Nc1ccc2c(c1)NC(=O)CO2. The summed E-state index contributed by atoms with van der Waals surface area (Å²) in [5.41, 5.74) is 1.11. The van der Waals surface area contributed by atoms with Gasteiger partial charge in [0, 0.05) is 11.3 Å². The van der Waals surface area contributed by atoms with Crippen molar-refractivity contribution >= 4 is 34.5 Å². The van der Waals surface area contributed by atoms with Crippen LogP contribution in [-0.2, 0) is 11.0 Å². The lowest BCUT2D eigenvalue weighted by atomic mass is 10.1. The van der Waals surface area contributed by atoms with E-state index in [2.05, 4.69) is 15.6 Å². The van der Waals surface area contributed by atoms with Crippen molar-refractivity contribution in [1.82, 2.24) is 4.98 Å². The molecule has 1 aromatic heterocycles. The predicted octanol–water partition coefficient (Wildman–Crippen LogP) is 4.72. The van der Waals surface area contributed by atoms with Gasteiger partial charge in [0.05, 0.1) is 16.9 Å². The number of alkyl halides is 3. The van der Waals surface area contributed by atoms with E-state index < -0.39 is 17.6 Å². The molecule has 2 heterocycles. The smallest absolute Gasteiger partial charge is 0.416 e. The Labute approximate surface area is 172 Å². The molecule has 30 heavy (non-hydrogen) atoms. The molecule has 2 amide bonds. The fraction of sp³-hybridized carbons (Fsp3) is 0.150. The van der Waals surface area contributed by atoms with Crippen LogP contribution in [0.2, 0.25) is 0 Å². The highest BCUT2D eigenvalue weighted by atomic mass is 32.1. The molecular weight excluding hydrogens is 419 g/mol. The van der Waals surface area contributed by atoms with E-state index in [4.69, 9.17) is 4.74 Å². The number of anilines is 2. The predicted molar refractivity (Wildman–Crippen MR) is 106 cm³/mol. The number of carbonyl (C=O) groups excluding carboxylic acids is 2. The minimum absolute atomic E-state index is 0.0640. The molecule has 0 unspecified atom stereocenters. The first-order valence-electron chi connectivity index (χ1n) is 8.74. The van der Waals surface area contributed by atoms with Crippen molar-refractivity contribution in [1.29, 1.82) is 0 Å². The maximum absolute atomic E-state index is 12.7. The van der Waals surface area contributed by atoms with Gasteiger partial charge in [-0.2, -0.15) is 13.2 Å². The van der Waals surface area contributed by atoms with Gasteiger partial charge in [0.2, 0.25) is 0 Å². The second-order valence-corrected chi connectivity index (χ2v) is 7.51. The Morgan fingerprint density at radius 3 is 2.63 bits per heavy atom. The van der Waals surface area contributed by atoms with Crippen molar-refractivity contribution in [3.05, 3.63) is 58.6 Å². The number of aromatic nitrogens is 1. The number of benzene rings is 2. The molecule has 3 aromatic rings. The number of rotatable bonds is 3. The maximum Gasteiger partial charge on any atom is 0.416 e. The van der Waals surface area contributed by atoms with Crippen LogP contribution in [0, 0.1) is 6.92 Å². The Balaban J connectivity index is 1.54. The number of hydrogen-bond donors (Lipinski definition) is 2. The summed E-state index contributed by atoms with van der Waals surface area (Å²) in [4.78, 5) is 28.8. The van der Waals surface area contributed by atoms with E-state index in [1.165, 1.54) is 12.1 Å². The highest BCUT2D eigenvalue weighted by Gasteiger charge is 2.30. The molecule has 0 saturated carbocycles. The Hall–Kier alpha value is -3.40. The highest BCUT2D eigenvalue weighted by molar-refractivity contribution is 7.17. The van der Waals surface area contributed by atoms with Crippen molar-refractivity contribution in [2.24, 2.45) is 0 Å². The van der Waals surface area contributed by atoms with Crippen LogP contribution in [0.15, 0.2) is 42.5 Å². The second kappa shape index (κ2) is 7.45. The molecular formula is C20H14F3N3O3S. The van der Waals surface area contributed by atoms with Crippen molar-refractivity contribution < 1.29 is 27.5 Å². The van der Waals surface area contributed by atoms with Crippen molar-refractivity contribution in [2.45, 2.75) is 13.1 Å². The van der Waals surface area contributed by atoms with Gasteiger partial charge in [-0.15, -0.1) is 11.3 Å². The van der Waals surface area contributed by atoms with Gasteiger partial charge in [-0.25, -0.2) is 4.98 Å². The number of thiazole rings is 1. The van der Waals surface area contributed by atoms with Gasteiger partial charge >= 0.3 is 6.18 Å². The zero-order valence-electron chi connectivity index (χ0n) is 15.5. The molecule has 2 N–H and O–H groups in total. The van der Waals surface area contributed by atoms with Crippen LogP contribution < -0.4 is 15.4 Å². The number of carbonyl (C=O) groups is 2. The normalized spacial score (nSPS) is 13.3. The number of ether oxygens (including phenoxy) is 1. The van der Waals surface area contributed by atoms with Crippen LogP contribution in [0.5, 0.6) is 5.75 Å². The number of halogens is 3. The molecule has 0 fully saturated rings. The van der Waals surface area contributed by atoms with Crippen LogP contribution in [-0.4, -0.2) is 23.4 Å². The number of nitrogens with one attached hydrogen (secondary N) is 2. The molecule has 10 heteroatoms. The first-order valence-corrected chi connectivity index (χ1v) is 9.55. The largest absolute Gasteiger partial charge is 0.482 e. The Morgan fingerprint density at radius 1 is 1.20 bits per heavy atom. The lowest BCUT2D eigenvalue weighted by Crippen LogP contribution is -2.25. The van der Waals surface area contributed by atoms with E-state index in [0.29, 0.717) is 38.3 Å². The molecule has 0 aliphatic carbocycles. The van der Waals surface area contributed by atoms with Crippen molar-refractivity contribution in [3.8, 4) is 16.3 Å². The minimum Gasteiger partial charge on any atom is -0.482 e. The van der Waals surface area contributed by atoms with Crippen LogP contribution in [0.4, 0.5) is 24.5 Å². The quantitative estimate of drug-likeness (QED) is 0.626. The van der Waals surface area contributed by atoms with E-state index in [0.717, 1.165) is 23.5 Å². The summed E-state index contributed by atoms with van der Waals surface area (Å²) >= 11 is 1.08. The van der Waals surface area contributed by atoms with E-state index in [9.17, 15) is 22.8 Å². The Kier molecular flexibility index (Phi) is 4.94. The molecule has 154 valence electrons. The monoisotopic (exact) mass is 433 g/mol. The molecule has 0 saturated heterocycles. The highest BCUT2D eigenvalue weighted by Crippen LogP contribution is 2.34. The van der Waals surface area contributed by atoms with Gasteiger partial charge in [-0.05, 0) is 37.3 Å². The lowest BCUT2D eigenvalue weighted by Gasteiger charge is -2.18. The van der Waals surface area contributed by atoms with Gasteiger partial charge in [0.1, 0.15) is 15.6 Å². The standard InChI is InChI=1S/C20H14F3N3O3S/c1-10-17(30-19(24-10)11-2-4-12(5-3-11)20(21,22)23)18(28)25-13-6-7-15-14(8-13)26-16(27)9-29-15/h2-8H,9H2,1H3,(H,25,28)(H,26,27). The molecule has 4 rings (SSSR count). The molecule has 1 aliphatic rings. The average molecular weight is 433 g/mol.